The van der Waals surface area contributed by atoms with E-state index in [0.717, 1.165) is 0 Å². The molecule has 0 saturated carbocycles. The fourth-order valence-electron chi connectivity index (χ4n) is 1.70. The predicted octanol–water partition coefficient (Wildman–Crippen LogP) is 1.83. The molecule has 1 N–H and O–H groups in total. The van der Waals surface area contributed by atoms with E-state index in [1.807, 2.05) is 0 Å². The number of anilines is 1. The highest BCUT2D eigenvalue weighted by Crippen LogP contribution is 2.31. The van der Waals surface area contributed by atoms with Crippen LogP contribution in [0.2, 0.25) is 10.2 Å². The van der Waals surface area contributed by atoms with Crippen LogP contribution in [-0.4, -0.2) is 28.5 Å². The van der Waals surface area contributed by atoms with Crippen molar-refractivity contribution in [3.63, 3.8) is 0 Å². The minimum absolute atomic E-state index is 0.0196. The molecule has 5 nitrogen and oxygen atoms in total. The van der Waals surface area contributed by atoms with Gasteiger partial charge in [0.25, 0.3) is 0 Å². The van der Waals surface area contributed by atoms with E-state index in [0.29, 0.717) is 5.69 Å². The molecule has 17 heavy (non-hydrogen) atoms. The number of aliphatic carboxylic acids is 1. The fraction of sp³-hybridized carbons (Fsp3) is 0.300. The summed E-state index contributed by atoms with van der Waals surface area (Å²) in [7, 11) is 0. The molecule has 1 aliphatic rings. The molecule has 2 heterocycles. The molecule has 90 valence electrons. The maximum atomic E-state index is 11.7. The fourth-order valence-corrected chi connectivity index (χ4v) is 2.17. The quantitative estimate of drug-likeness (QED) is 0.836. The van der Waals surface area contributed by atoms with Gasteiger partial charge in [-0.05, 0) is 6.07 Å². The van der Waals surface area contributed by atoms with Gasteiger partial charge >= 0.3 is 5.97 Å². The second-order valence-corrected chi connectivity index (χ2v) is 4.50. The van der Waals surface area contributed by atoms with Crippen LogP contribution in [0, 0.1) is 5.92 Å². The number of pyridine rings is 1. The average molecular weight is 275 g/mol. The topological polar surface area (TPSA) is 70.5 Å². The zero-order chi connectivity index (χ0) is 12.6. The highest BCUT2D eigenvalue weighted by atomic mass is 35.5. The van der Waals surface area contributed by atoms with Crippen LogP contribution in [0.4, 0.5) is 5.69 Å². The number of carboxylic acid groups (broad SMARTS) is 1. The van der Waals surface area contributed by atoms with Crippen LogP contribution >= 0.6 is 23.2 Å². The molecule has 1 aliphatic heterocycles. The lowest BCUT2D eigenvalue weighted by Gasteiger charge is -2.17. The number of carbonyl (C=O) groups is 2. The van der Waals surface area contributed by atoms with Crippen molar-refractivity contribution in [2.24, 2.45) is 5.92 Å². The molecular weight excluding hydrogens is 267 g/mol. The standard InChI is InChI=1S/C10H8Cl2N2O3/c11-6-2-8(12)13-3-7(6)14-4-5(10(16)17)1-9(14)15/h2-3,5H,1,4H2,(H,16,17). The lowest BCUT2D eigenvalue weighted by molar-refractivity contribution is -0.141. The maximum Gasteiger partial charge on any atom is 0.308 e. The van der Waals surface area contributed by atoms with Crippen molar-refractivity contribution in [3.8, 4) is 0 Å². The van der Waals surface area contributed by atoms with Gasteiger partial charge in [0.1, 0.15) is 5.15 Å². The molecule has 0 radical (unpaired) electrons. The summed E-state index contributed by atoms with van der Waals surface area (Å²) in [5, 5.41) is 9.36. The Balaban J connectivity index is 2.29. The molecule has 1 saturated heterocycles. The molecule has 0 aliphatic carbocycles. The molecule has 1 aromatic rings. The number of halogens is 2. The summed E-state index contributed by atoms with van der Waals surface area (Å²) in [5.41, 5.74) is 0.393. The van der Waals surface area contributed by atoms with E-state index < -0.39 is 11.9 Å². The zero-order valence-corrected chi connectivity index (χ0v) is 10.1. The summed E-state index contributed by atoms with van der Waals surface area (Å²) < 4.78 is 0. The third-order valence-electron chi connectivity index (χ3n) is 2.57. The Hall–Kier alpha value is -1.33. The van der Waals surface area contributed by atoms with Crippen LogP contribution in [0.1, 0.15) is 6.42 Å². The second kappa shape index (κ2) is 4.50. The van der Waals surface area contributed by atoms with Crippen molar-refractivity contribution in [2.75, 3.05) is 11.4 Å². The summed E-state index contributed by atoms with van der Waals surface area (Å²) >= 11 is 11.6. The monoisotopic (exact) mass is 274 g/mol. The first kappa shape index (κ1) is 12.1. The number of carbonyl (C=O) groups excluding carboxylic acids is 1. The normalized spacial score (nSPS) is 19.8. The van der Waals surface area contributed by atoms with Crippen molar-refractivity contribution in [1.82, 2.24) is 4.98 Å². The zero-order valence-electron chi connectivity index (χ0n) is 8.56. The Labute approximate surface area is 107 Å². The number of hydrogen-bond acceptors (Lipinski definition) is 3. The van der Waals surface area contributed by atoms with Crippen LogP contribution in [0.3, 0.4) is 0 Å². The van der Waals surface area contributed by atoms with Crippen molar-refractivity contribution in [2.45, 2.75) is 6.42 Å². The first-order chi connectivity index (χ1) is 7.99. The summed E-state index contributed by atoms with van der Waals surface area (Å²) in [6.45, 7) is 0.108. The number of hydrogen-bond donors (Lipinski definition) is 1. The van der Waals surface area contributed by atoms with Gasteiger partial charge in [-0.1, -0.05) is 23.2 Å². The first-order valence-electron chi connectivity index (χ1n) is 4.83. The summed E-state index contributed by atoms with van der Waals surface area (Å²) in [6.07, 6.45) is 1.35. The van der Waals surface area contributed by atoms with Gasteiger partial charge in [0.2, 0.25) is 5.91 Å². The predicted molar refractivity (Wildman–Crippen MR) is 62.4 cm³/mol. The Kier molecular flexibility index (Phi) is 3.22. The Bertz CT molecular complexity index is 492. The summed E-state index contributed by atoms with van der Waals surface area (Å²) in [4.78, 5) is 27.6. The molecule has 1 aromatic heterocycles. The van der Waals surface area contributed by atoms with E-state index in [-0.39, 0.29) is 29.0 Å². The van der Waals surface area contributed by atoms with Crippen LogP contribution < -0.4 is 4.90 Å². The van der Waals surface area contributed by atoms with Gasteiger partial charge in [-0.2, -0.15) is 0 Å². The van der Waals surface area contributed by atoms with Gasteiger partial charge < -0.3 is 10.0 Å². The molecule has 1 unspecified atom stereocenters. The van der Waals surface area contributed by atoms with Crippen LogP contribution in [0.15, 0.2) is 12.3 Å². The van der Waals surface area contributed by atoms with Gasteiger partial charge in [-0.3, -0.25) is 9.59 Å². The van der Waals surface area contributed by atoms with E-state index in [9.17, 15) is 9.59 Å². The number of nitrogens with zero attached hydrogens (tertiary/aromatic N) is 2. The van der Waals surface area contributed by atoms with E-state index in [1.165, 1.54) is 17.2 Å². The number of carboxylic acids is 1. The van der Waals surface area contributed by atoms with Gasteiger partial charge in [0.15, 0.2) is 0 Å². The van der Waals surface area contributed by atoms with E-state index in [1.54, 1.807) is 0 Å². The van der Waals surface area contributed by atoms with Gasteiger partial charge in [0.05, 0.1) is 22.8 Å². The number of rotatable bonds is 2. The molecule has 0 aromatic carbocycles. The SMILES string of the molecule is O=C(O)C1CC(=O)N(c2cnc(Cl)cc2Cl)C1. The van der Waals surface area contributed by atoms with Crippen LogP contribution in [0.5, 0.6) is 0 Å². The Morgan fingerprint density at radius 2 is 2.24 bits per heavy atom. The van der Waals surface area contributed by atoms with E-state index in [2.05, 4.69) is 4.98 Å². The van der Waals surface area contributed by atoms with Crippen LogP contribution in [-0.2, 0) is 9.59 Å². The van der Waals surface area contributed by atoms with Gasteiger partial charge in [-0.15, -0.1) is 0 Å². The maximum absolute atomic E-state index is 11.7. The Morgan fingerprint density at radius 3 is 2.76 bits per heavy atom. The molecule has 1 amide bonds. The second-order valence-electron chi connectivity index (χ2n) is 3.70. The van der Waals surface area contributed by atoms with Crippen molar-refractivity contribution >= 4 is 40.8 Å². The van der Waals surface area contributed by atoms with Crippen molar-refractivity contribution < 1.29 is 14.7 Å². The number of aromatic nitrogens is 1. The average Bonchev–Trinajstić information content (AvgIpc) is 2.61. The Morgan fingerprint density at radius 1 is 1.53 bits per heavy atom. The minimum Gasteiger partial charge on any atom is -0.481 e. The third-order valence-corrected chi connectivity index (χ3v) is 3.08. The molecule has 7 heteroatoms. The molecule has 2 rings (SSSR count). The van der Waals surface area contributed by atoms with E-state index in [4.69, 9.17) is 28.3 Å². The third kappa shape index (κ3) is 2.35. The minimum atomic E-state index is -0.987. The van der Waals surface area contributed by atoms with Crippen molar-refractivity contribution in [3.05, 3.63) is 22.4 Å². The van der Waals surface area contributed by atoms with Gasteiger partial charge in [0, 0.05) is 13.0 Å². The lowest BCUT2D eigenvalue weighted by Crippen LogP contribution is -2.26. The highest BCUT2D eigenvalue weighted by molar-refractivity contribution is 6.36. The highest BCUT2D eigenvalue weighted by Gasteiger charge is 2.35. The van der Waals surface area contributed by atoms with Crippen LogP contribution in [0.25, 0.3) is 0 Å². The molecular formula is C10H8Cl2N2O3. The summed E-state index contributed by atoms with van der Waals surface area (Å²) in [5.74, 6) is -1.96. The van der Waals surface area contributed by atoms with Gasteiger partial charge in [-0.25, -0.2) is 4.98 Å². The molecule has 0 bridgehead atoms. The number of amides is 1. The smallest absolute Gasteiger partial charge is 0.308 e. The molecule has 0 spiro atoms. The first-order valence-corrected chi connectivity index (χ1v) is 5.59. The van der Waals surface area contributed by atoms with E-state index >= 15 is 0 Å². The lowest BCUT2D eigenvalue weighted by atomic mass is 10.1. The molecule has 1 fully saturated rings. The largest absolute Gasteiger partial charge is 0.481 e. The van der Waals surface area contributed by atoms with Crippen molar-refractivity contribution in [1.29, 1.82) is 0 Å². The molecule has 1 atom stereocenters. The summed E-state index contributed by atoms with van der Waals surface area (Å²) in [6, 6.07) is 1.42.